The van der Waals surface area contributed by atoms with Gasteiger partial charge in [0.15, 0.2) is 0 Å². The van der Waals surface area contributed by atoms with Gasteiger partial charge in [-0.3, -0.25) is 4.90 Å². The van der Waals surface area contributed by atoms with Crippen molar-refractivity contribution in [2.45, 2.75) is 52.7 Å². The van der Waals surface area contributed by atoms with Gasteiger partial charge in [0.1, 0.15) is 0 Å². The molecule has 2 heteroatoms. The van der Waals surface area contributed by atoms with Crippen molar-refractivity contribution >= 4 is 0 Å². The summed E-state index contributed by atoms with van der Waals surface area (Å²) in [4.78, 5) is 2.60. The maximum absolute atomic E-state index is 5.68. The topological polar surface area (TPSA) is 29.3 Å². The zero-order valence-corrected chi connectivity index (χ0v) is 11.9. The fraction of sp³-hybridized carbons (Fsp3) is 0.625. The second kappa shape index (κ2) is 5.85. The number of nitrogens with two attached hydrogens (primary N) is 1. The molecule has 1 aliphatic rings. The second-order valence-electron chi connectivity index (χ2n) is 5.93. The highest BCUT2D eigenvalue weighted by atomic mass is 15.1. The van der Waals surface area contributed by atoms with Crippen molar-refractivity contribution in [2.24, 2.45) is 11.7 Å². The Bertz CT molecular complexity index is 394. The fourth-order valence-electron chi connectivity index (χ4n) is 2.37. The molecule has 0 aromatic heterocycles. The standard InChI is InChI=1S/C16H26N2/c1-12(2)18(10-14-4-5-14)11-16-7-6-15(9-17)8-13(16)3/h6-8,12,14H,4-5,9-11,17H2,1-3H3. The van der Waals surface area contributed by atoms with E-state index >= 15 is 0 Å². The molecule has 0 aliphatic heterocycles. The largest absolute Gasteiger partial charge is 0.326 e. The average Bonchev–Trinajstić information content (AvgIpc) is 3.14. The van der Waals surface area contributed by atoms with Crippen molar-refractivity contribution in [1.29, 1.82) is 0 Å². The Morgan fingerprint density at radius 3 is 2.56 bits per heavy atom. The highest BCUT2D eigenvalue weighted by Crippen LogP contribution is 2.31. The van der Waals surface area contributed by atoms with E-state index < -0.39 is 0 Å². The molecule has 0 radical (unpaired) electrons. The third-order valence-corrected chi connectivity index (χ3v) is 3.94. The summed E-state index contributed by atoms with van der Waals surface area (Å²) in [5.41, 5.74) is 9.73. The molecule has 0 spiro atoms. The monoisotopic (exact) mass is 246 g/mol. The molecule has 2 nitrogen and oxygen atoms in total. The lowest BCUT2D eigenvalue weighted by atomic mass is 10.0. The SMILES string of the molecule is Cc1cc(CN)ccc1CN(CC1CC1)C(C)C. The average molecular weight is 246 g/mol. The first-order chi connectivity index (χ1) is 8.60. The van der Waals surface area contributed by atoms with E-state index in [1.807, 2.05) is 0 Å². The summed E-state index contributed by atoms with van der Waals surface area (Å²) in [5.74, 6) is 0.955. The van der Waals surface area contributed by atoms with Crippen molar-refractivity contribution in [1.82, 2.24) is 4.90 Å². The molecule has 0 saturated heterocycles. The van der Waals surface area contributed by atoms with Crippen LogP contribution in [0.5, 0.6) is 0 Å². The van der Waals surface area contributed by atoms with Gasteiger partial charge in [-0.15, -0.1) is 0 Å². The highest BCUT2D eigenvalue weighted by molar-refractivity contribution is 5.31. The van der Waals surface area contributed by atoms with Crippen LogP contribution >= 0.6 is 0 Å². The molecule has 1 fully saturated rings. The number of hydrogen-bond donors (Lipinski definition) is 1. The molecular formula is C16H26N2. The van der Waals surface area contributed by atoms with Crippen LogP contribution in [0.15, 0.2) is 18.2 Å². The molecule has 2 N–H and O–H groups in total. The predicted molar refractivity (Wildman–Crippen MR) is 77.3 cm³/mol. The third-order valence-electron chi connectivity index (χ3n) is 3.94. The van der Waals surface area contributed by atoms with Gasteiger partial charge in [-0.1, -0.05) is 18.2 Å². The Morgan fingerprint density at radius 2 is 2.06 bits per heavy atom. The van der Waals surface area contributed by atoms with Crippen LogP contribution in [0.3, 0.4) is 0 Å². The minimum Gasteiger partial charge on any atom is -0.326 e. The number of hydrogen-bond acceptors (Lipinski definition) is 2. The summed E-state index contributed by atoms with van der Waals surface area (Å²) >= 11 is 0. The molecule has 18 heavy (non-hydrogen) atoms. The molecule has 0 atom stereocenters. The van der Waals surface area contributed by atoms with Gasteiger partial charge in [-0.05, 0) is 56.2 Å². The normalized spacial score (nSPS) is 15.7. The first-order valence-electron chi connectivity index (χ1n) is 7.12. The van der Waals surface area contributed by atoms with E-state index in [2.05, 4.69) is 43.9 Å². The van der Waals surface area contributed by atoms with Gasteiger partial charge in [0, 0.05) is 25.7 Å². The van der Waals surface area contributed by atoms with Crippen molar-refractivity contribution in [3.63, 3.8) is 0 Å². The Labute approximate surface area is 111 Å². The van der Waals surface area contributed by atoms with Gasteiger partial charge in [0.25, 0.3) is 0 Å². The second-order valence-corrected chi connectivity index (χ2v) is 5.93. The molecule has 1 aromatic carbocycles. The quantitative estimate of drug-likeness (QED) is 0.836. The van der Waals surface area contributed by atoms with Crippen molar-refractivity contribution in [3.05, 3.63) is 34.9 Å². The lowest BCUT2D eigenvalue weighted by Gasteiger charge is -2.27. The van der Waals surface area contributed by atoms with Crippen molar-refractivity contribution in [3.8, 4) is 0 Å². The maximum atomic E-state index is 5.68. The lowest BCUT2D eigenvalue weighted by Crippen LogP contribution is -2.32. The molecular weight excluding hydrogens is 220 g/mol. The summed E-state index contributed by atoms with van der Waals surface area (Å²) in [6.45, 7) is 9.76. The maximum Gasteiger partial charge on any atom is 0.0239 e. The van der Waals surface area contributed by atoms with Crippen LogP contribution in [0.2, 0.25) is 0 Å². The first-order valence-corrected chi connectivity index (χ1v) is 7.12. The summed E-state index contributed by atoms with van der Waals surface area (Å²) in [6.07, 6.45) is 2.85. The molecule has 2 rings (SSSR count). The smallest absolute Gasteiger partial charge is 0.0239 e. The fourth-order valence-corrected chi connectivity index (χ4v) is 2.37. The molecule has 0 bridgehead atoms. The van der Waals surface area contributed by atoms with Crippen LogP contribution < -0.4 is 5.73 Å². The van der Waals surface area contributed by atoms with E-state index in [0.29, 0.717) is 12.6 Å². The van der Waals surface area contributed by atoms with Gasteiger partial charge >= 0.3 is 0 Å². The molecule has 0 unspecified atom stereocenters. The first kappa shape index (κ1) is 13.6. The molecule has 0 heterocycles. The van der Waals surface area contributed by atoms with E-state index in [1.54, 1.807) is 0 Å². The number of nitrogens with zero attached hydrogens (tertiary/aromatic N) is 1. The summed E-state index contributed by atoms with van der Waals surface area (Å²) < 4.78 is 0. The Morgan fingerprint density at radius 1 is 1.33 bits per heavy atom. The van der Waals surface area contributed by atoms with Crippen LogP contribution in [0.25, 0.3) is 0 Å². The number of benzene rings is 1. The third kappa shape index (κ3) is 3.56. The Kier molecular flexibility index (Phi) is 4.41. The van der Waals surface area contributed by atoms with Gasteiger partial charge in [0.2, 0.25) is 0 Å². The Hall–Kier alpha value is -0.860. The van der Waals surface area contributed by atoms with Gasteiger partial charge in [-0.2, -0.15) is 0 Å². The zero-order valence-electron chi connectivity index (χ0n) is 11.9. The van der Waals surface area contributed by atoms with E-state index in [-0.39, 0.29) is 0 Å². The predicted octanol–water partition coefficient (Wildman–Crippen LogP) is 3.07. The molecule has 1 aliphatic carbocycles. The highest BCUT2D eigenvalue weighted by Gasteiger charge is 2.25. The van der Waals surface area contributed by atoms with Gasteiger partial charge in [-0.25, -0.2) is 0 Å². The summed E-state index contributed by atoms with van der Waals surface area (Å²) in [7, 11) is 0. The number of rotatable bonds is 6. The minimum absolute atomic E-state index is 0.624. The van der Waals surface area contributed by atoms with E-state index in [4.69, 9.17) is 5.73 Å². The van der Waals surface area contributed by atoms with E-state index in [9.17, 15) is 0 Å². The molecule has 1 aromatic rings. The summed E-state index contributed by atoms with van der Waals surface area (Å²) in [6, 6.07) is 7.27. The molecule has 1 saturated carbocycles. The summed E-state index contributed by atoms with van der Waals surface area (Å²) in [5, 5.41) is 0. The lowest BCUT2D eigenvalue weighted by molar-refractivity contribution is 0.203. The van der Waals surface area contributed by atoms with Crippen molar-refractivity contribution < 1.29 is 0 Å². The zero-order chi connectivity index (χ0) is 13.1. The van der Waals surface area contributed by atoms with E-state index in [1.165, 1.54) is 36.1 Å². The van der Waals surface area contributed by atoms with Gasteiger partial charge in [0.05, 0.1) is 0 Å². The van der Waals surface area contributed by atoms with E-state index in [0.717, 1.165) is 12.5 Å². The van der Waals surface area contributed by atoms with Crippen LogP contribution in [0.4, 0.5) is 0 Å². The van der Waals surface area contributed by atoms with Gasteiger partial charge < -0.3 is 5.73 Å². The molecule has 100 valence electrons. The van der Waals surface area contributed by atoms with Crippen LogP contribution in [-0.4, -0.2) is 17.5 Å². The van der Waals surface area contributed by atoms with Crippen LogP contribution in [0.1, 0.15) is 43.4 Å². The minimum atomic E-state index is 0.624. The van der Waals surface area contributed by atoms with Crippen LogP contribution in [-0.2, 0) is 13.1 Å². The van der Waals surface area contributed by atoms with Crippen molar-refractivity contribution in [2.75, 3.05) is 6.54 Å². The number of aryl methyl sites for hydroxylation is 1. The molecule has 0 amide bonds. The Balaban J connectivity index is 2.05. The van der Waals surface area contributed by atoms with Crippen LogP contribution in [0, 0.1) is 12.8 Å².